The van der Waals surface area contributed by atoms with Gasteiger partial charge in [0, 0.05) is 19.6 Å². The van der Waals surface area contributed by atoms with Gasteiger partial charge in [0.2, 0.25) is 5.88 Å². The van der Waals surface area contributed by atoms with Crippen LogP contribution in [0.15, 0.2) is 18.2 Å². The highest BCUT2D eigenvalue weighted by Gasteiger charge is 2.33. The maximum absolute atomic E-state index is 5.75. The molecule has 1 fully saturated rings. The van der Waals surface area contributed by atoms with Gasteiger partial charge < -0.3 is 19.5 Å². The quantitative estimate of drug-likeness (QED) is 0.874. The molecule has 1 saturated carbocycles. The van der Waals surface area contributed by atoms with Gasteiger partial charge in [0.1, 0.15) is 13.2 Å². The minimum Gasteiger partial charge on any atom is -0.486 e. The van der Waals surface area contributed by atoms with Gasteiger partial charge in [0.15, 0.2) is 11.5 Å². The molecule has 0 radical (unpaired) electrons. The van der Waals surface area contributed by atoms with E-state index >= 15 is 0 Å². The fraction of sp³-hybridized carbons (Fsp3) is 0.526. The summed E-state index contributed by atoms with van der Waals surface area (Å²) >= 11 is 0. The normalized spacial score (nSPS) is 17.4. The minimum absolute atomic E-state index is 0.306. The van der Waals surface area contributed by atoms with Crippen LogP contribution in [-0.4, -0.2) is 30.1 Å². The monoisotopic (exact) mass is 343 g/mol. The van der Waals surface area contributed by atoms with Crippen molar-refractivity contribution in [3.05, 3.63) is 35.0 Å². The maximum atomic E-state index is 5.75. The van der Waals surface area contributed by atoms with E-state index in [1.54, 1.807) is 11.8 Å². The lowest BCUT2D eigenvalue weighted by Crippen LogP contribution is -2.24. The third kappa shape index (κ3) is 3.18. The molecule has 1 N–H and O–H groups in total. The number of nitrogens with one attached hydrogen (secondary N) is 1. The molecule has 2 aliphatic rings. The van der Waals surface area contributed by atoms with Gasteiger partial charge in [-0.25, -0.2) is 4.68 Å². The van der Waals surface area contributed by atoms with Gasteiger partial charge in [0.05, 0.1) is 18.4 Å². The van der Waals surface area contributed by atoms with E-state index in [4.69, 9.17) is 14.2 Å². The smallest absolute Gasteiger partial charge is 0.216 e. The van der Waals surface area contributed by atoms with Crippen molar-refractivity contribution < 1.29 is 14.2 Å². The zero-order chi connectivity index (χ0) is 17.4. The van der Waals surface area contributed by atoms with E-state index in [1.165, 1.54) is 18.4 Å². The Labute approximate surface area is 148 Å². The van der Waals surface area contributed by atoms with Crippen molar-refractivity contribution in [1.82, 2.24) is 15.1 Å². The average Bonchev–Trinajstić information content (AvgIpc) is 3.41. The highest BCUT2D eigenvalue weighted by Crippen LogP contribution is 2.43. The fourth-order valence-corrected chi connectivity index (χ4v) is 3.59. The van der Waals surface area contributed by atoms with E-state index in [9.17, 15) is 0 Å². The van der Waals surface area contributed by atoms with Crippen LogP contribution < -0.4 is 19.5 Å². The van der Waals surface area contributed by atoms with Crippen molar-refractivity contribution in [1.29, 1.82) is 0 Å². The lowest BCUT2D eigenvalue weighted by molar-refractivity contribution is 0.171. The molecule has 6 nitrogen and oxygen atoms in total. The second-order valence-corrected chi connectivity index (χ2v) is 6.80. The Kier molecular flexibility index (Phi) is 4.29. The Balaban J connectivity index is 1.55. The molecule has 0 unspecified atom stereocenters. The van der Waals surface area contributed by atoms with E-state index < -0.39 is 0 Å². The number of hydrogen-bond donors (Lipinski definition) is 1. The van der Waals surface area contributed by atoms with Gasteiger partial charge in [-0.3, -0.25) is 0 Å². The van der Waals surface area contributed by atoms with Crippen molar-refractivity contribution in [2.75, 3.05) is 20.3 Å². The molecule has 0 spiro atoms. The number of benzene rings is 1. The molecule has 1 aliphatic heterocycles. The van der Waals surface area contributed by atoms with E-state index in [-0.39, 0.29) is 0 Å². The molecule has 2 heterocycles. The number of hydrogen-bond acceptors (Lipinski definition) is 5. The van der Waals surface area contributed by atoms with Gasteiger partial charge >= 0.3 is 0 Å². The molecule has 25 heavy (non-hydrogen) atoms. The number of rotatable bonds is 6. The predicted octanol–water partition coefficient (Wildman–Crippen LogP) is 2.75. The van der Waals surface area contributed by atoms with Crippen molar-refractivity contribution in [3.63, 3.8) is 0 Å². The summed E-state index contributed by atoms with van der Waals surface area (Å²) in [7, 11) is 3.60. The van der Waals surface area contributed by atoms with Crippen molar-refractivity contribution in [2.45, 2.75) is 32.4 Å². The minimum atomic E-state index is 0.306. The van der Waals surface area contributed by atoms with E-state index in [1.807, 2.05) is 20.0 Å². The van der Waals surface area contributed by atoms with Crippen LogP contribution in [0.4, 0.5) is 0 Å². The van der Waals surface area contributed by atoms with Crippen LogP contribution in [-0.2, 0) is 13.6 Å². The highest BCUT2D eigenvalue weighted by molar-refractivity contribution is 5.45. The van der Waals surface area contributed by atoms with Crippen LogP contribution in [0.25, 0.3) is 0 Å². The average molecular weight is 343 g/mol. The van der Waals surface area contributed by atoms with E-state index in [0.717, 1.165) is 35.2 Å². The first-order valence-electron chi connectivity index (χ1n) is 8.86. The molecule has 4 rings (SSSR count). The lowest BCUT2D eigenvalue weighted by Gasteiger charge is -2.23. The molecule has 134 valence electrons. The van der Waals surface area contributed by atoms with Crippen LogP contribution >= 0.6 is 0 Å². The molecule has 1 aromatic heterocycles. The number of methoxy groups -OCH3 is 1. The molecular formula is C19H25N3O3. The molecule has 1 aromatic carbocycles. The summed E-state index contributed by atoms with van der Waals surface area (Å²) in [4.78, 5) is 0. The number of aromatic nitrogens is 2. The largest absolute Gasteiger partial charge is 0.486 e. The SMILES string of the molecule is COc1c(CN[C@@H](c2ccc3c(c2)OCCO3)C2CC2)c(C)nn1C. The molecule has 0 saturated heterocycles. The Morgan fingerprint density at radius 3 is 2.76 bits per heavy atom. The summed E-state index contributed by atoms with van der Waals surface area (Å²) in [6, 6.07) is 6.60. The molecular weight excluding hydrogens is 318 g/mol. The van der Waals surface area contributed by atoms with Crippen LogP contribution in [0.3, 0.4) is 0 Å². The second-order valence-electron chi connectivity index (χ2n) is 6.80. The van der Waals surface area contributed by atoms with Crippen molar-refractivity contribution >= 4 is 0 Å². The topological polar surface area (TPSA) is 57.5 Å². The van der Waals surface area contributed by atoms with Crippen molar-refractivity contribution in [2.24, 2.45) is 13.0 Å². The second kappa shape index (κ2) is 6.59. The summed E-state index contributed by atoms with van der Waals surface area (Å²) in [6.07, 6.45) is 2.52. The molecule has 1 atom stereocenters. The molecule has 1 aliphatic carbocycles. The zero-order valence-electron chi connectivity index (χ0n) is 15.0. The van der Waals surface area contributed by atoms with Gasteiger partial charge in [-0.1, -0.05) is 6.07 Å². The lowest BCUT2D eigenvalue weighted by atomic mass is 10.0. The van der Waals surface area contributed by atoms with Gasteiger partial charge in [0.25, 0.3) is 0 Å². The molecule has 0 amide bonds. The maximum Gasteiger partial charge on any atom is 0.216 e. The molecule has 0 bridgehead atoms. The van der Waals surface area contributed by atoms with Gasteiger partial charge in [-0.2, -0.15) is 5.10 Å². The van der Waals surface area contributed by atoms with E-state index in [2.05, 4.69) is 22.5 Å². The van der Waals surface area contributed by atoms with Gasteiger partial charge in [-0.15, -0.1) is 0 Å². The van der Waals surface area contributed by atoms with Crippen LogP contribution in [0.5, 0.6) is 17.4 Å². The molecule has 6 heteroatoms. The summed E-state index contributed by atoms with van der Waals surface area (Å²) in [6.45, 7) is 4.00. The third-order valence-electron chi connectivity index (χ3n) is 5.00. The Morgan fingerprint density at radius 1 is 1.28 bits per heavy atom. The molecule has 2 aromatic rings. The Bertz CT molecular complexity index is 768. The summed E-state index contributed by atoms with van der Waals surface area (Å²) in [5, 5.41) is 8.19. The van der Waals surface area contributed by atoms with Crippen LogP contribution in [0, 0.1) is 12.8 Å². The first-order chi connectivity index (χ1) is 12.2. The highest BCUT2D eigenvalue weighted by atomic mass is 16.6. The summed E-state index contributed by atoms with van der Waals surface area (Å²) in [5.41, 5.74) is 3.38. The Hall–Kier alpha value is -2.21. The number of ether oxygens (including phenoxy) is 3. The predicted molar refractivity (Wildman–Crippen MR) is 94.2 cm³/mol. The Morgan fingerprint density at radius 2 is 2.04 bits per heavy atom. The number of fused-ring (bicyclic) bond motifs is 1. The zero-order valence-corrected chi connectivity index (χ0v) is 15.0. The number of nitrogens with zero attached hydrogens (tertiary/aromatic N) is 2. The first-order valence-corrected chi connectivity index (χ1v) is 8.86. The van der Waals surface area contributed by atoms with Crippen LogP contribution in [0.2, 0.25) is 0 Å². The number of aryl methyl sites for hydroxylation is 2. The summed E-state index contributed by atoms with van der Waals surface area (Å²) < 4.78 is 18.7. The van der Waals surface area contributed by atoms with Crippen LogP contribution in [0.1, 0.15) is 35.7 Å². The van der Waals surface area contributed by atoms with Crippen molar-refractivity contribution in [3.8, 4) is 17.4 Å². The first kappa shape index (κ1) is 16.3. The van der Waals surface area contributed by atoms with Gasteiger partial charge in [-0.05, 0) is 43.4 Å². The third-order valence-corrected chi connectivity index (χ3v) is 5.00. The summed E-state index contributed by atoms with van der Waals surface area (Å²) in [5.74, 6) is 3.19. The standard InChI is InChI=1S/C19H25N3O3/c1-12-15(19(23-3)22(2)21-12)11-20-18(13-4-5-13)14-6-7-16-17(10-14)25-9-8-24-16/h6-7,10,13,18,20H,4-5,8-9,11H2,1-3H3/t18-/m1/s1. The van der Waals surface area contributed by atoms with E-state index in [0.29, 0.717) is 25.2 Å². The fourth-order valence-electron chi connectivity index (χ4n) is 3.59.